The maximum atomic E-state index is 12.4. The molecule has 0 bridgehead atoms. The third kappa shape index (κ3) is 4.48. The summed E-state index contributed by atoms with van der Waals surface area (Å²) in [6.45, 7) is 10.7. The average Bonchev–Trinajstić information content (AvgIpc) is 3.11. The lowest BCUT2D eigenvalue weighted by atomic mass is 9.97. The Morgan fingerprint density at radius 3 is 2.48 bits per heavy atom. The largest absolute Gasteiger partial charge is 0.486 e. The van der Waals surface area contributed by atoms with Gasteiger partial charge in [-0.25, -0.2) is 0 Å². The molecule has 7 heteroatoms. The topological polar surface area (TPSA) is 86.5 Å². The monoisotopic (exact) mass is 371 g/mol. The number of fused-ring (bicyclic) bond motifs is 1. The van der Waals surface area contributed by atoms with Gasteiger partial charge in [-0.1, -0.05) is 32.0 Å². The highest BCUT2D eigenvalue weighted by molar-refractivity contribution is 5.92. The molecule has 0 unspecified atom stereocenters. The lowest BCUT2D eigenvalue weighted by Crippen LogP contribution is -2.41. The number of amides is 1. The van der Waals surface area contributed by atoms with Gasteiger partial charge < -0.3 is 19.3 Å². The standard InChI is InChI=1S/C20H25N3O4/c1-19(2,3)18-21-17(23-27-18)20(4,5)22-16(24)9-7-13-6-8-14-15(12-13)26-11-10-25-14/h6-9,12H,10-11H2,1-5H3,(H,22,24)/b9-7+. The molecule has 1 aliphatic heterocycles. The molecule has 2 aromatic rings. The highest BCUT2D eigenvalue weighted by Crippen LogP contribution is 2.31. The molecule has 7 nitrogen and oxygen atoms in total. The van der Waals surface area contributed by atoms with E-state index in [9.17, 15) is 4.79 Å². The molecule has 0 radical (unpaired) electrons. The van der Waals surface area contributed by atoms with Crippen LogP contribution in [0.15, 0.2) is 28.8 Å². The van der Waals surface area contributed by atoms with Crippen molar-refractivity contribution >= 4 is 12.0 Å². The Hall–Kier alpha value is -2.83. The lowest BCUT2D eigenvalue weighted by Gasteiger charge is -2.21. The van der Waals surface area contributed by atoms with Gasteiger partial charge in [0.05, 0.1) is 5.54 Å². The molecule has 0 saturated carbocycles. The van der Waals surface area contributed by atoms with Gasteiger partial charge in [-0.3, -0.25) is 4.79 Å². The predicted molar refractivity (Wildman–Crippen MR) is 101 cm³/mol. The molecular formula is C20H25N3O4. The van der Waals surface area contributed by atoms with Crippen molar-refractivity contribution in [3.05, 3.63) is 41.6 Å². The van der Waals surface area contributed by atoms with E-state index in [4.69, 9.17) is 14.0 Å². The summed E-state index contributed by atoms with van der Waals surface area (Å²) in [7, 11) is 0. The van der Waals surface area contributed by atoms with E-state index >= 15 is 0 Å². The van der Waals surface area contributed by atoms with Crippen molar-refractivity contribution in [2.45, 2.75) is 45.6 Å². The van der Waals surface area contributed by atoms with Gasteiger partial charge in [0.15, 0.2) is 17.3 Å². The Morgan fingerprint density at radius 2 is 1.81 bits per heavy atom. The van der Waals surface area contributed by atoms with Crippen LogP contribution < -0.4 is 14.8 Å². The van der Waals surface area contributed by atoms with Crippen LogP contribution in [-0.2, 0) is 15.7 Å². The summed E-state index contributed by atoms with van der Waals surface area (Å²) in [6.07, 6.45) is 3.19. The Kier molecular flexibility index (Phi) is 4.95. The van der Waals surface area contributed by atoms with Crippen molar-refractivity contribution in [2.24, 2.45) is 0 Å². The molecule has 1 N–H and O–H groups in total. The zero-order valence-electron chi connectivity index (χ0n) is 16.3. The smallest absolute Gasteiger partial charge is 0.244 e. The number of nitrogens with zero attached hydrogens (tertiary/aromatic N) is 2. The first-order chi connectivity index (χ1) is 12.6. The molecule has 0 fully saturated rings. The number of carbonyl (C=O) groups is 1. The van der Waals surface area contributed by atoms with Gasteiger partial charge in [-0.05, 0) is 37.6 Å². The van der Waals surface area contributed by atoms with Gasteiger partial charge in [0.25, 0.3) is 0 Å². The zero-order valence-corrected chi connectivity index (χ0v) is 16.3. The Morgan fingerprint density at radius 1 is 1.11 bits per heavy atom. The number of ether oxygens (including phenoxy) is 2. The third-order valence-electron chi connectivity index (χ3n) is 4.06. The van der Waals surface area contributed by atoms with Crippen molar-refractivity contribution in [2.75, 3.05) is 13.2 Å². The second kappa shape index (κ2) is 7.06. The SMILES string of the molecule is CC(C)(C)c1nc(C(C)(C)NC(=O)/C=C/c2ccc3c(c2)OCCO3)no1. The summed E-state index contributed by atoms with van der Waals surface area (Å²) in [5.41, 5.74) is -0.160. The second-order valence-corrected chi connectivity index (χ2v) is 8.02. The molecule has 2 heterocycles. The molecule has 3 rings (SSSR count). The van der Waals surface area contributed by atoms with Crippen LogP contribution in [-0.4, -0.2) is 29.3 Å². The van der Waals surface area contributed by atoms with Crippen molar-refractivity contribution < 1.29 is 18.8 Å². The lowest BCUT2D eigenvalue weighted by molar-refractivity contribution is -0.118. The minimum atomic E-state index is -0.763. The summed E-state index contributed by atoms with van der Waals surface area (Å²) >= 11 is 0. The minimum absolute atomic E-state index is 0.247. The first kappa shape index (κ1) is 18.9. The van der Waals surface area contributed by atoms with Crippen LogP contribution in [0.1, 0.15) is 51.9 Å². The fourth-order valence-corrected chi connectivity index (χ4v) is 2.52. The molecule has 0 atom stereocenters. The van der Waals surface area contributed by atoms with E-state index < -0.39 is 5.54 Å². The number of hydrogen-bond acceptors (Lipinski definition) is 6. The van der Waals surface area contributed by atoms with Crippen LogP contribution in [0.4, 0.5) is 0 Å². The van der Waals surface area contributed by atoms with Crippen LogP contribution in [0.5, 0.6) is 11.5 Å². The van der Waals surface area contributed by atoms with E-state index in [1.807, 2.05) is 52.8 Å². The maximum Gasteiger partial charge on any atom is 0.244 e. The van der Waals surface area contributed by atoms with Crippen molar-refractivity contribution in [3.63, 3.8) is 0 Å². The summed E-state index contributed by atoms with van der Waals surface area (Å²) in [6, 6.07) is 5.55. The number of nitrogens with one attached hydrogen (secondary N) is 1. The summed E-state index contributed by atoms with van der Waals surface area (Å²) in [4.78, 5) is 16.8. The predicted octanol–water partition coefficient (Wildman–Crippen LogP) is 3.20. The highest BCUT2D eigenvalue weighted by atomic mass is 16.6. The molecule has 0 saturated heterocycles. The highest BCUT2D eigenvalue weighted by Gasteiger charge is 2.31. The van der Waals surface area contributed by atoms with Crippen molar-refractivity contribution in [3.8, 4) is 11.5 Å². The van der Waals surface area contributed by atoms with Crippen LogP contribution in [0.25, 0.3) is 6.08 Å². The van der Waals surface area contributed by atoms with Gasteiger partial charge in [0.1, 0.15) is 13.2 Å². The van der Waals surface area contributed by atoms with Gasteiger partial charge in [0, 0.05) is 11.5 Å². The molecule has 1 amide bonds. The first-order valence-corrected chi connectivity index (χ1v) is 8.90. The number of aromatic nitrogens is 2. The number of carbonyl (C=O) groups excluding carboxylic acids is 1. The molecule has 1 aromatic heterocycles. The quantitative estimate of drug-likeness (QED) is 0.831. The molecule has 0 spiro atoms. The zero-order chi connectivity index (χ0) is 19.7. The van der Waals surface area contributed by atoms with Crippen molar-refractivity contribution in [1.29, 1.82) is 0 Å². The van der Waals surface area contributed by atoms with E-state index in [2.05, 4.69) is 15.5 Å². The number of hydrogen-bond donors (Lipinski definition) is 1. The normalized spacial score (nSPS) is 14.4. The van der Waals surface area contributed by atoms with Crippen LogP contribution in [0.3, 0.4) is 0 Å². The van der Waals surface area contributed by atoms with Crippen molar-refractivity contribution in [1.82, 2.24) is 15.5 Å². The Labute approximate surface area is 158 Å². The molecule has 144 valence electrons. The van der Waals surface area contributed by atoms with Gasteiger partial charge >= 0.3 is 0 Å². The van der Waals surface area contributed by atoms with Gasteiger partial charge in [-0.2, -0.15) is 4.98 Å². The minimum Gasteiger partial charge on any atom is -0.486 e. The third-order valence-corrected chi connectivity index (χ3v) is 4.06. The van der Waals surface area contributed by atoms with E-state index in [-0.39, 0.29) is 11.3 Å². The van der Waals surface area contributed by atoms with Gasteiger partial charge in [-0.15, -0.1) is 0 Å². The van der Waals surface area contributed by atoms with E-state index in [1.54, 1.807) is 6.08 Å². The first-order valence-electron chi connectivity index (χ1n) is 8.90. The summed E-state index contributed by atoms with van der Waals surface area (Å²) in [5, 5.41) is 6.92. The molecular weight excluding hydrogens is 346 g/mol. The molecule has 0 aliphatic carbocycles. The van der Waals surface area contributed by atoms with Crippen LogP contribution in [0.2, 0.25) is 0 Å². The fraction of sp³-hybridized carbons (Fsp3) is 0.450. The number of rotatable bonds is 4. The molecule has 27 heavy (non-hydrogen) atoms. The van der Waals surface area contributed by atoms with E-state index in [0.717, 1.165) is 11.3 Å². The summed E-state index contributed by atoms with van der Waals surface area (Å²) in [5.74, 6) is 2.12. The van der Waals surface area contributed by atoms with E-state index in [1.165, 1.54) is 6.08 Å². The molecule has 1 aliphatic rings. The van der Waals surface area contributed by atoms with Crippen LogP contribution in [0, 0.1) is 0 Å². The van der Waals surface area contributed by atoms with Crippen LogP contribution >= 0.6 is 0 Å². The fourth-order valence-electron chi connectivity index (χ4n) is 2.52. The van der Waals surface area contributed by atoms with E-state index in [0.29, 0.717) is 30.7 Å². The maximum absolute atomic E-state index is 12.4. The van der Waals surface area contributed by atoms with Gasteiger partial charge in [0.2, 0.25) is 11.8 Å². The average molecular weight is 371 g/mol. The Balaban J connectivity index is 1.67. The Bertz CT molecular complexity index is 862. The second-order valence-electron chi connectivity index (χ2n) is 8.02. The summed E-state index contributed by atoms with van der Waals surface area (Å²) < 4.78 is 16.4. The number of benzene rings is 1. The molecule has 1 aromatic carbocycles.